The van der Waals surface area contributed by atoms with Gasteiger partial charge in [-0.2, -0.15) is 5.10 Å². The third-order valence-corrected chi connectivity index (χ3v) is 4.50. The minimum absolute atomic E-state index is 0.0710. The highest BCUT2D eigenvalue weighted by Gasteiger charge is 2.34. The van der Waals surface area contributed by atoms with Crippen LogP contribution in [0.3, 0.4) is 0 Å². The lowest BCUT2D eigenvalue weighted by Crippen LogP contribution is -2.33. The number of hydrogen-bond donors (Lipinski definition) is 1. The Kier molecular flexibility index (Phi) is 4.94. The van der Waals surface area contributed by atoms with Crippen molar-refractivity contribution in [3.05, 3.63) is 58.8 Å². The largest absolute Gasteiger partial charge is 0.320 e. The zero-order chi connectivity index (χ0) is 18.0. The summed E-state index contributed by atoms with van der Waals surface area (Å²) in [4.78, 5) is 24.5. The second-order valence-corrected chi connectivity index (χ2v) is 6.49. The molecule has 0 bridgehead atoms. The number of anilines is 2. The fourth-order valence-electron chi connectivity index (χ4n) is 2.57. The minimum Gasteiger partial charge on any atom is -0.320 e. The summed E-state index contributed by atoms with van der Waals surface area (Å²) < 4.78 is 13.6. The first kappa shape index (κ1) is 17.3. The summed E-state index contributed by atoms with van der Waals surface area (Å²) >= 11 is 3.21. The van der Waals surface area contributed by atoms with Crippen LogP contribution < -0.4 is 10.3 Å². The van der Waals surface area contributed by atoms with Gasteiger partial charge in [-0.3, -0.25) is 14.6 Å². The molecule has 0 radical (unpaired) electrons. The van der Waals surface area contributed by atoms with Gasteiger partial charge in [-0.15, -0.1) is 0 Å². The summed E-state index contributed by atoms with van der Waals surface area (Å²) in [5, 5.41) is 8.59. The van der Waals surface area contributed by atoms with Gasteiger partial charge in [-0.1, -0.05) is 18.2 Å². The molecule has 0 aliphatic carbocycles. The third-order valence-electron chi connectivity index (χ3n) is 3.84. The first-order valence-corrected chi connectivity index (χ1v) is 8.43. The second kappa shape index (κ2) is 7.14. The first-order chi connectivity index (χ1) is 12.0. The van der Waals surface area contributed by atoms with Crippen molar-refractivity contribution in [2.24, 2.45) is 5.10 Å². The highest BCUT2D eigenvalue weighted by molar-refractivity contribution is 9.10. The van der Waals surface area contributed by atoms with Crippen molar-refractivity contribution in [2.45, 2.75) is 19.4 Å². The standard InChI is InChI=1S/C18H15BrFN3O2/c1-11(24)17-10-16(22-23(17)13-5-3-2-4-6-13)18(25)21-15-8-7-12(20)9-14(15)19/h2-9,17H,10H2,1H3,(H,21,25). The third kappa shape index (κ3) is 3.76. The van der Waals surface area contributed by atoms with Gasteiger partial charge in [0.05, 0.1) is 11.4 Å². The molecule has 1 unspecified atom stereocenters. The number of halogens is 2. The van der Waals surface area contributed by atoms with Crippen molar-refractivity contribution in [1.82, 2.24) is 0 Å². The molecular formula is C18H15BrFN3O2. The van der Waals surface area contributed by atoms with E-state index in [4.69, 9.17) is 0 Å². The summed E-state index contributed by atoms with van der Waals surface area (Å²) in [7, 11) is 0. The Bertz CT molecular complexity index is 855. The molecule has 1 heterocycles. The molecule has 2 aromatic carbocycles. The maximum atomic E-state index is 13.2. The summed E-state index contributed by atoms with van der Waals surface area (Å²) in [6.07, 6.45) is 0.217. The van der Waals surface area contributed by atoms with Crippen molar-refractivity contribution in [3.8, 4) is 0 Å². The lowest BCUT2D eigenvalue weighted by atomic mass is 10.1. The molecule has 1 aliphatic rings. The van der Waals surface area contributed by atoms with Gasteiger partial charge in [0.2, 0.25) is 0 Å². The van der Waals surface area contributed by atoms with Crippen LogP contribution in [-0.4, -0.2) is 23.4 Å². The summed E-state index contributed by atoms with van der Waals surface area (Å²) in [5.41, 5.74) is 1.43. The van der Waals surface area contributed by atoms with Crippen LogP contribution in [0.2, 0.25) is 0 Å². The van der Waals surface area contributed by atoms with Gasteiger partial charge in [0.25, 0.3) is 5.91 Å². The predicted molar refractivity (Wildman–Crippen MR) is 98.2 cm³/mol. The molecule has 3 rings (SSSR count). The molecule has 0 spiro atoms. The SMILES string of the molecule is CC(=O)C1CC(C(=O)Nc2ccc(F)cc2Br)=NN1c1ccccc1. The number of nitrogens with zero attached hydrogens (tertiary/aromatic N) is 2. The molecule has 1 atom stereocenters. The number of carbonyl (C=O) groups excluding carboxylic acids is 2. The maximum absolute atomic E-state index is 13.2. The lowest BCUT2D eigenvalue weighted by Gasteiger charge is -2.20. The Balaban J connectivity index is 1.84. The number of hydrazone groups is 1. The maximum Gasteiger partial charge on any atom is 0.271 e. The van der Waals surface area contributed by atoms with E-state index in [1.807, 2.05) is 30.3 Å². The average Bonchev–Trinajstić information content (AvgIpc) is 3.04. The molecule has 0 fully saturated rings. The van der Waals surface area contributed by atoms with Gasteiger partial charge < -0.3 is 5.32 Å². The van der Waals surface area contributed by atoms with Gasteiger partial charge in [0.15, 0.2) is 5.78 Å². The van der Waals surface area contributed by atoms with Crippen molar-refractivity contribution >= 4 is 44.7 Å². The Morgan fingerprint density at radius 3 is 2.60 bits per heavy atom. The van der Waals surface area contributed by atoms with E-state index in [0.29, 0.717) is 10.2 Å². The van der Waals surface area contributed by atoms with E-state index in [-0.39, 0.29) is 17.9 Å². The Labute approximate surface area is 152 Å². The smallest absolute Gasteiger partial charge is 0.271 e. The van der Waals surface area contributed by atoms with E-state index in [1.54, 1.807) is 5.01 Å². The molecule has 25 heavy (non-hydrogen) atoms. The van der Waals surface area contributed by atoms with E-state index < -0.39 is 17.8 Å². The van der Waals surface area contributed by atoms with E-state index >= 15 is 0 Å². The Hall–Kier alpha value is -2.54. The zero-order valence-corrected chi connectivity index (χ0v) is 15.0. The number of Topliss-reactive ketones (excluding diaryl/α,β-unsaturated/α-hetero) is 1. The van der Waals surface area contributed by atoms with Crippen LogP contribution in [0, 0.1) is 5.82 Å². The summed E-state index contributed by atoms with van der Waals surface area (Å²) in [6.45, 7) is 1.48. The number of hydrogen-bond acceptors (Lipinski definition) is 4. The first-order valence-electron chi connectivity index (χ1n) is 7.64. The van der Waals surface area contributed by atoms with E-state index in [2.05, 4.69) is 26.3 Å². The van der Waals surface area contributed by atoms with Gasteiger partial charge >= 0.3 is 0 Å². The van der Waals surface area contributed by atoms with Crippen molar-refractivity contribution in [1.29, 1.82) is 0 Å². The number of para-hydroxylation sites is 1. The quantitative estimate of drug-likeness (QED) is 0.845. The fraction of sp³-hybridized carbons (Fsp3) is 0.167. The van der Waals surface area contributed by atoms with Crippen LogP contribution in [0.4, 0.5) is 15.8 Å². The molecule has 1 N–H and O–H groups in total. The highest BCUT2D eigenvalue weighted by atomic mass is 79.9. The summed E-state index contributed by atoms with van der Waals surface area (Å²) in [5.74, 6) is -0.898. The van der Waals surface area contributed by atoms with Gasteiger partial charge in [0.1, 0.15) is 17.6 Å². The van der Waals surface area contributed by atoms with Gasteiger partial charge in [-0.05, 0) is 53.2 Å². The average molecular weight is 404 g/mol. The second-order valence-electron chi connectivity index (χ2n) is 5.64. The lowest BCUT2D eigenvalue weighted by molar-refractivity contribution is -0.118. The normalized spacial score (nSPS) is 16.5. The molecule has 0 saturated carbocycles. The van der Waals surface area contributed by atoms with Crippen molar-refractivity contribution in [2.75, 3.05) is 10.3 Å². The van der Waals surface area contributed by atoms with Crippen LogP contribution in [0.5, 0.6) is 0 Å². The summed E-state index contributed by atoms with van der Waals surface area (Å²) in [6, 6.07) is 12.7. The monoisotopic (exact) mass is 403 g/mol. The molecule has 1 aliphatic heterocycles. The molecule has 0 aromatic heterocycles. The molecule has 5 nitrogen and oxygen atoms in total. The Morgan fingerprint density at radius 1 is 1.24 bits per heavy atom. The number of benzene rings is 2. The van der Waals surface area contributed by atoms with Crippen LogP contribution >= 0.6 is 15.9 Å². The predicted octanol–water partition coefficient (Wildman–Crippen LogP) is 3.75. The fourth-order valence-corrected chi connectivity index (χ4v) is 3.02. The number of carbonyl (C=O) groups is 2. The Morgan fingerprint density at radius 2 is 1.96 bits per heavy atom. The minimum atomic E-state index is -0.514. The van der Waals surface area contributed by atoms with E-state index in [9.17, 15) is 14.0 Å². The molecule has 1 amide bonds. The van der Waals surface area contributed by atoms with E-state index in [0.717, 1.165) is 5.69 Å². The molecule has 0 saturated heterocycles. The molecular weight excluding hydrogens is 389 g/mol. The van der Waals surface area contributed by atoms with E-state index in [1.165, 1.54) is 25.1 Å². The van der Waals surface area contributed by atoms with Gasteiger partial charge in [-0.25, -0.2) is 4.39 Å². The number of amides is 1. The van der Waals surface area contributed by atoms with Crippen molar-refractivity contribution < 1.29 is 14.0 Å². The number of rotatable bonds is 4. The topological polar surface area (TPSA) is 61.8 Å². The molecule has 2 aromatic rings. The van der Waals surface area contributed by atoms with Crippen molar-refractivity contribution in [3.63, 3.8) is 0 Å². The zero-order valence-electron chi connectivity index (χ0n) is 13.4. The van der Waals surface area contributed by atoms with Crippen LogP contribution in [0.15, 0.2) is 58.1 Å². The van der Waals surface area contributed by atoms with Crippen LogP contribution in [0.1, 0.15) is 13.3 Å². The highest BCUT2D eigenvalue weighted by Crippen LogP contribution is 2.27. The van der Waals surface area contributed by atoms with Crippen LogP contribution in [0.25, 0.3) is 0 Å². The number of nitrogens with one attached hydrogen (secondary N) is 1. The van der Waals surface area contributed by atoms with Crippen LogP contribution in [-0.2, 0) is 9.59 Å². The number of ketones is 1. The molecule has 7 heteroatoms. The molecule has 128 valence electrons. The van der Waals surface area contributed by atoms with Gasteiger partial charge in [0, 0.05) is 10.9 Å².